The van der Waals surface area contributed by atoms with Crippen LogP contribution in [0.15, 0.2) is 23.2 Å². The number of rotatable bonds is 3. The monoisotopic (exact) mass is 148 g/mol. The normalized spacial score (nSPS) is 13.5. The second-order valence-corrected chi connectivity index (χ2v) is 3.00. The molecular formula is C10H17B. The average Bonchev–Trinajstić information content (AvgIpc) is 1.88. The van der Waals surface area contributed by atoms with Gasteiger partial charge in [-0.15, -0.1) is 0 Å². The first-order valence-electron chi connectivity index (χ1n) is 4.09. The minimum atomic E-state index is 0.573. The summed E-state index contributed by atoms with van der Waals surface area (Å²) in [6, 6.07) is 0. The predicted octanol–water partition coefficient (Wildman–Crippen LogP) is 2.63. The zero-order chi connectivity index (χ0) is 8.85. The van der Waals surface area contributed by atoms with Crippen LogP contribution in [0, 0.1) is 5.92 Å². The molecular weight excluding hydrogens is 131 g/mol. The van der Waals surface area contributed by atoms with Gasteiger partial charge >= 0.3 is 70.2 Å². The van der Waals surface area contributed by atoms with Crippen molar-refractivity contribution < 1.29 is 0 Å². The zero-order valence-electron chi connectivity index (χ0n) is 8.02. The molecule has 0 atom stereocenters. The minimum absolute atomic E-state index is 0.573. The summed E-state index contributed by atoms with van der Waals surface area (Å²) in [5, 5.41) is 0. The van der Waals surface area contributed by atoms with Crippen LogP contribution in [0.2, 0.25) is 0 Å². The van der Waals surface area contributed by atoms with Crippen LogP contribution < -0.4 is 0 Å². The Morgan fingerprint density at radius 3 is 2.27 bits per heavy atom. The van der Waals surface area contributed by atoms with E-state index in [2.05, 4.69) is 39.4 Å². The van der Waals surface area contributed by atoms with Crippen LogP contribution in [-0.2, 0) is 0 Å². The Hall–Kier alpha value is -0.585. The van der Waals surface area contributed by atoms with Gasteiger partial charge in [0.15, 0.2) is 0 Å². The van der Waals surface area contributed by atoms with Crippen molar-refractivity contribution >= 4 is 13.4 Å². The first-order chi connectivity index (χ1) is 5.13. The van der Waals surface area contributed by atoms with E-state index in [1.54, 1.807) is 0 Å². The fourth-order valence-corrected chi connectivity index (χ4v) is 1.20. The van der Waals surface area contributed by atoms with Crippen molar-refractivity contribution in [1.82, 2.24) is 0 Å². The van der Waals surface area contributed by atoms with Crippen LogP contribution in [0.4, 0.5) is 0 Å². The van der Waals surface area contributed by atoms with Gasteiger partial charge in [-0.25, -0.2) is 0 Å². The molecule has 0 saturated carbocycles. The third-order valence-electron chi connectivity index (χ3n) is 1.71. The number of hydrogen-bond acceptors (Lipinski definition) is 0. The molecule has 0 aromatic carbocycles. The molecule has 1 heteroatoms. The molecule has 0 spiro atoms. The third-order valence-corrected chi connectivity index (χ3v) is 1.71. The predicted molar refractivity (Wildman–Crippen MR) is 55.2 cm³/mol. The molecule has 0 aromatic heterocycles. The van der Waals surface area contributed by atoms with E-state index >= 15 is 0 Å². The van der Waals surface area contributed by atoms with Gasteiger partial charge < -0.3 is 0 Å². The zero-order valence-corrected chi connectivity index (χ0v) is 8.02. The topological polar surface area (TPSA) is 0 Å². The first-order valence-corrected chi connectivity index (χ1v) is 4.09. The van der Waals surface area contributed by atoms with Gasteiger partial charge in [-0.05, 0) is 0 Å². The first kappa shape index (κ1) is 10.4. The molecule has 0 aliphatic carbocycles. The standard InChI is InChI=1S/C10H17B/c1-6-7-9(4)10(11-5)8(2)3/h6-8H,5H2,1-4H3/b7-6-,10-9+. The molecule has 0 fully saturated rings. The summed E-state index contributed by atoms with van der Waals surface area (Å²) in [6.07, 6.45) is 4.18. The summed E-state index contributed by atoms with van der Waals surface area (Å²) in [7, 11) is 0. The van der Waals surface area contributed by atoms with Crippen LogP contribution in [-0.4, -0.2) is 13.4 Å². The second kappa shape index (κ2) is 5.12. The summed E-state index contributed by atoms with van der Waals surface area (Å²) >= 11 is 0. The Morgan fingerprint density at radius 1 is 1.45 bits per heavy atom. The van der Waals surface area contributed by atoms with Gasteiger partial charge in [0, 0.05) is 0 Å². The van der Waals surface area contributed by atoms with Crippen LogP contribution in [0.3, 0.4) is 0 Å². The number of allylic oxidation sites excluding steroid dienone is 4. The molecule has 11 heavy (non-hydrogen) atoms. The van der Waals surface area contributed by atoms with Crippen molar-refractivity contribution in [2.24, 2.45) is 5.92 Å². The van der Waals surface area contributed by atoms with Gasteiger partial charge in [-0.2, -0.15) is 0 Å². The molecule has 0 radical (unpaired) electrons. The molecule has 0 N–H and O–H groups in total. The molecule has 0 rings (SSSR count). The molecule has 0 aliphatic heterocycles. The summed E-state index contributed by atoms with van der Waals surface area (Å²) in [4.78, 5) is 0. The van der Waals surface area contributed by atoms with E-state index in [0.29, 0.717) is 5.92 Å². The van der Waals surface area contributed by atoms with Gasteiger partial charge in [0.2, 0.25) is 0 Å². The Bertz CT molecular complexity index is 185. The van der Waals surface area contributed by atoms with Gasteiger partial charge in [-0.1, -0.05) is 0 Å². The molecule has 0 amide bonds. The average molecular weight is 148 g/mol. The van der Waals surface area contributed by atoms with E-state index in [1.165, 1.54) is 11.0 Å². The molecule has 0 aromatic rings. The van der Waals surface area contributed by atoms with Crippen molar-refractivity contribution in [3.63, 3.8) is 0 Å². The fourth-order valence-electron chi connectivity index (χ4n) is 1.20. The second-order valence-electron chi connectivity index (χ2n) is 3.00. The summed E-state index contributed by atoms with van der Waals surface area (Å²) in [6.45, 7) is 14.3. The SMILES string of the molecule is C=B/C(=C(C)/C=C\C)C(C)C. The quantitative estimate of drug-likeness (QED) is 0.426. The van der Waals surface area contributed by atoms with E-state index in [0.717, 1.165) is 0 Å². The molecule has 0 nitrogen and oxygen atoms in total. The van der Waals surface area contributed by atoms with E-state index in [1.807, 2.05) is 13.8 Å². The summed E-state index contributed by atoms with van der Waals surface area (Å²) in [5.74, 6) is 0.573. The summed E-state index contributed by atoms with van der Waals surface area (Å²) in [5.41, 5.74) is 2.65. The fraction of sp³-hybridized carbons (Fsp3) is 0.500. The van der Waals surface area contributed by atoms with Crippen molar-refractivity contribution in [2.75, 3.05) is 0 Å². The maximum atomic E-state index is 3.79. The van der Waals surface area contributed by atoms with E-state index in [9.17, 15) is 0 Å². The van der Waals surface area contributed by atoms with Crippen LogP contribution in [0.1, 0.15) is 27.7 Å². The Balaban J connectivity index is 4.67. The Morgan fingerprint density at radius 2 is 2.00 bits per heavy atom. The molecule has 0 bridgehead atoms. The van der Waals surface area contributed by atoms with E-state index in [4.69, 9.17) is 0 Å². The number of hydrogen-bond donors (Lipinski definition) is 0. The third kappa shape index (κ3) is 3.36. The molecule has 0 saturated heterocycles. The van der Waals surface area contributed by atoms with Crippen molar-refractivity contribution in [2.45, 2.75) is 27.7 Å². The maximum absolute atomic E-state index is 3.79. The van der Waals surface area contributed by atoms with Crippen LogP contribution in [0.25, 0.3) is 0 Å². The van der Waals surface area contributed by atoms with Crippen molar-refractivity contribution in [3.05, 3.63) is 23.2 Å². The molecule has 0 heterocycles. The molecule has 60 valence electrons. The van der Waals surface area contributed by atoms with Crippen LogP contribution in [0.5, 0.6) is 0 Å². The van der Waals surface area contributed by atoms with Gasteiger partial charge in [0.1, 0.15) is 0 Å². The van der Waals surface area contributed by atoms with Crippen LogP contribution >= 0.6 is 0 Å². The van der Waals surface area contributed by atoms with E-state index in [-0.39, 0.29) is 0 Å². The van der Waals surface area contributed by atoms with Gasteiger partial charge in [-0.3, -0.25) is 0 Å². The van der Waals surface area contributed by atoms with Crippen molar-refractivity contribution in [3.8, 4) is 0 Å². The summed E-state index contributed by atoms with van der Waals surface area (Å²) < 4.78 is 0. The van der Waals surface area contributed by atoms with Gasteiger partial charge in [0.05, 0.1) is 0 Å². The van der Waals surface area contributed by atoms with Crippen molar-refractivity contribution in [1.29, 1.82) is 0 Å². The Labute approximate surface area is 70.9 Å². The Kier molecular flexibility index (Phi) is 4.84. The van der Waals surface area contributed by atoms with E-state index < -0.39 is 0 Å². The molecule has 0 unspecified atom stereocenters. The van der Waals surface area contributed by atoms with Gasteiger partial charge in [0.25, 0.3) is 0 Å². The molecule has 0 aliphatic rings.